The highest BCUT2D eigenvalue weighted by molar-refractivity contribution is 5.90. The molecule has 49 heavy (non-hydrogen) atoms. The third-order valence-corrected chi connectivity index (χ3v) is 8.68. The Balaban J connectivity index is 1.24. The number of carbonyl (C=O) groups excluding carboxylic acids is 2. The highest BCUT2D eigenvalue weighted by Crippen LogP contribution is 2.31. The molecule has 3 amide bonds. The molecule has 266 valence electrons. The topological polar surface area (TPSA) is 113 Å². The van der Waals surface area contributed by atoms with Crippen LogP contribution in [0.15, 0.2) is 48.5 Å². The fraction of sp³-hybridized carbons (Fsp3) is 0.514. The van der Waals surface area contributed by atoms with Gasteiger partial charge in [-0.15, -0.1) is 5.10 Å². The minimum absolute atomic E-state index is 0.261. The Bertz CT molecular complexity index is 1570. The summed E-state index contributed by atoms with van der Waals surface area (Å²) >= 11 is 0. The van der Waals surface area contributed by atoms with Crippen molar-refractivity contribution in [3.63, 3.8) is 0 Å². The monoisotopic (exact) mass is 683 g/mol. The van der Waals surface area contributed by atoms with E-state index in [1.807, 2.05) is 58.0 Å². The number of rotatable bonds is 11. The number of carbonyl (C=O) groups is 2. The molecule has 3 heterocycles. The van der Waals surface area contributed by atoms with E-state index in [9.17, 15) is 18.4 Å². The minimum Gasteiger partial charge on any atom is -0.475 e. The van der Waals surface area contributed by atoms with Crippen molar-refractivity contribution in [3.8, 4) is 11.6 Å². The van der Waals surface area contributed by atoms with Crippen LogP contribution in [0.5, 0.6) is 5.88 Å². The van der Waals surface area contributed by atoms with Gasteiger partial charge in [0.25, 0.3) is 0 Å². The Morgan fingerprint density at radius 1 is 0.939 bits per heavy atom. The first kappa shape index (κ1) is 36.0. The molecule has 0 spiro atoms. The predicted molar refractivity (Wildman–Crippen MR) is 181 cm³/mol. The molecule has 2 N–H and O–H groups in total. The van der Waals surface area contributed by atoms with Crippen molar-refractivity contribution in [1.29, 1.82) is 0 Å². The summed E-state index contributed by atoms with van der Waals surface area (Å²) in [6.07, 6.45) is -0.300. The van der Waals surface area contributed by atoms with Crippen molar-refractivity contribution in [3.05, 3.63) is 71.3 Å². The zero-order valence-corrected chi connectivity index (χ0v) is 28.9. The van der Waals surface area contributed by atoms with Crippen LogP contribution < -0.4 is 15.4 Å². The van der Waals surface area contributed by atoms with Crippen molar-refractivity contribution in [2.45, 2.75) is 45.3 Å². The first-order chi connectivity index (χ1) is 23.4. The molecule has 12 nitrogen and oxygen atoms in total. The van der Waals surface area contributed by atoms with Crippen LogP contribution in [-0.4, -0.2) is 121 Å². The zero-order chi connectivity index (χ0) is 35.1. The molecule has 0 aliphatic carbocycles. The largest absolute Gasteiger partial charge is 0.475 e. The number of anilines is 1. The quantitative estimate of drug-likeness (QED) is 0.301. The molecule has 2 saturated heterocycles. The lowest BCUT2D eigenvalue weighted by atomic mass is 9.94. The van der Waals surface area contributed by atoms with Gasteiger partial charge in [-0.2, -0.15) is 0 Å². The molecule has 5 rings (SSSR count). The summed E-state index contributed by atoms with van der Waals surface area (Å²) in [5.41, 5.74) is 1.46. The maximum atomic E-state index is 14.2. The van der Waals surface area contributed by atoms with Gasteiger partial charge in [0.15, 0.2) is 11.6 Å². The molecular weight excluding hydrogens is 636 g/mol. The second-order valence-electron chi connectivity index (χ2n) is 13.4. The number of para-hydroxylation sites is 1. The summed E-state index contributed by atoms with van der Waals surface area (Å²) in [5.74, 6) is -1.26. The third kappa shape index (κ3) is 9.46. The van der Waals surface area contributed by atoms with E-state index in [0.29, 0.717) is 88.4 Å². The van der Waals surface area contributed by atoms with Crippen molar-refractivity contribution < 1.29 is 32.6 Å². The minimum atomic E-state index is -0.922. The van der Waals surface area contributed by atoms with Crippen LogP contribution >= 0.6 is 0 Å². The molecule has 2 aliphatic rings. The van der Waals surface area contributed by atoms with Gasteiger partial charge in [-0.05, 0) is 57.5 Å². The molecule has 2 aromatic carbocycles. The fourth-order valence-electron chi connectivity index (χ4n) is 6.10. The highest BCUT2D eigenvalue weighted by Gasteiger charge is 2.35. The molecule has 0 radical (unpaired) electrons. The number of hydrogen-bond acceptors (Lipinski definition) is 8. The van der Waals surface area contributed by atoms with E-state index < -0.39 is 23.3 Å². The van der Waals surface area contributed by atoms with Gasteiger partial charge in [0.1, 0.15) is 18.0 Å². The first-order valence-electron chi connectivity index (χ1n) is 16.6. The van der Waals surface area contributed by atoms with Gasteiger partial charge in [-0.3, -0.25) is 15.1 Å². The maximum absolute atomic E-state index is 14.2. The summed E-state index contributed by atoms with van der Waals surface area (Å²) in [4.78, 5) is 32.1. The Hall–Kier alpha value is -4.27. The summed E-state index contributed by atoms with van der Waals surface area (Å²) in [5, 5.41) is 10.8. The number of nitrogens with one attached hydrogen (secondary N) is 2. The smallest absolute Gasteiger partial charge is 0.410 e. The lowest BCUT2D eigenvalue weighted by Crippen LogP contribution is -2.50. The molecule has 1 aromatic heterocycles. The van der Waals surface area contributed by atoms with Gasteiger partial charge >= 0.3 is 12.1 Å². The maximum Gasteiger partial charge on any atom is 0.410 e. The van der Waals surface area contributed by atoms with Gasteiger partial charge in [-0.25, -0.2) is 23.1 Å². The van der Waals surface area contributed by atoms with E-state index in [4.69, 9.17) is 19.3 Å². The van der Waals surface area contributed by atoms with E-state index in [1.54, 1.807) is 22.8 Å². The molecule has 2 aliphatic heterocycles. The molecule has 2 atom stereocenters. The zero-order valence-electron chi connectivity index (χ0n) is 28.9. The number of amides is 3. The third-order valence-electron chi connectivity index (χ3n) is 8.68. The van der Waals surface area contributed by atoms with Gasteiger partial charge < -0.3 is 24.4 Å². The normalized spacial score (nSPS) is 18.8. The Morgan fingerprint density at radius 3 is 2.33 bits per heavy atom. The number of urea groups is 1. The first-order valence-corrected chi connectivity index (χ1v) is 16.6. The summed E-state index contributed by atoms with van der Waals surface area (Å²) in [7, 11) is 1.62. The SMILES string of the molecule is COCCN1CC(NC(=O)Nc2c(C)c(OCCN3CCN(C(=O)OC(C)(C)C)CC3)nn2-c2ccccc2)C(c2ccc(F)c(F)c2)C1. The van der Waals surface area contributed by atoms with Crippen molar-refractivity contribution in [2.24, 2.45) is 0 Å². The fourth-order valence-corrected chi connectivity index (χ4v) is 6.10. The average molecular weight is 684 g/mol. The van der Waals surface area contributed by atoms with Crippen LogP contribution in [-0.2, 0) is 9.47 Å². The van der Waals surface area contributed by atoms with Crippen molar-refractivity contribution >= 4 is 17.9 Å². The lowest BCUT2D eigenvalue weighted by Gasteiger charge is -2.35. The van der Waals surface area contributed by atoms with Gasteiger partial charge in [-0.1, -0.05) is 24.3 Å². The second kappa shape index (κ2) is 16.0. The number of nitrogens with zero attached hydrogens (tertiary/aromatic N) is 5. The molecule has 14 heteroatoms. The standard InChI is InChI=1S/C35H47F2N7O5/c1-24-31(39-33(45)38-30-23-42(17-19-47-5)22-27(30)25-11-12-28(36)29(37)21-25)44(26-9-7-6-8-10-26)40-32(24)48-20-18-41-13-15-43(16-14-41)34(46)49-35(2,3)4/h6-12,21,27,30H,13-20,22-23H2,1-5H3,(H2,38,39,45). The van der Waals surface area contributed by atoms with Crippen LogP contribution in [0, 0.1) is 18.6 Å². The predicted octanol–water partition coefficient (Wildman–Crippen LogP) is 4.63. The second-order valence-corrected chi connectivity index (χ2v) is 13.4. The number of piperazine rings is 1. The van der Waals surface area contributed by atoms with Crippen LogP contribution in [0.2, 0.25) is 0 Å². The van der Waals surface area contributed by atoms with Crippen molar-refractivity contribution in [2.75, 3.05) is 78.0 Å². The van der Waals surface area contributed by atoms with Gasteiger partial charge in [0.2, 0.25) is 5.88 Å². The van der Waals surface area contributed by atoms with Crippen LogP contribution in [0.4, 0.5) is 24.2 Å². The van der Waals surface area contributed by atoms with E-state index >= 15 is 0 Å². The number of hydrogen-bond donors (Lipinski definition) is 2. The Labute approximate surface area is 286 Å². The van der Waals surface area contributed by atoms with Crippen LogP contribution in [0.1, 0.15) is 37.8 Å². The highest BCUT2D eigenvalue weighted by atomic mass is 19.2. The molecule has 0 saturated carbocycles. The molecule has 0 bridgehead atoms. The van der Waals surface area contributed by atoms with E-state index in [-0.39, 0.29) is 18.1 Å². The number of halogens is 2. The Kier molecular flexibility index (Phi) is 11.7. The molecular formula is C35H47F2N7O5. The van der Waals surface area contributed by atoms with Crippen LogP contribution in [0.3, 0.4) is 0 Å². The molecule has 3 aromatic rings. The number of benzene rings is 2. The lowest BCUT2D eigenvalue weighted by molar-refractivity contribution is 0.0136. The van der Waals surface area contributed by atoms with Gasteiger partial charge in [0.05, 0.1) is 23.9 Å². The number of ether oxygens (including phenoxy) is 3. The number of methoxy groups -OCH3 is 1. The van der Waals surface area contributed by atoms with E-state index in [2.05, 4.69) is 20.4 Å². The summed E-state index contributed by atoms with van der Waals surface area (Å²) < 4.78 is 46.5. The molecule has 2 unspecified atom stereocenters. The van der Waals surface area contributed by atoms with E-state index in [1.165, 1.54) is 6.07 Å². The summed E-state index contributed by atoms with van der Waals surface area (Å²) in [6, 6.07) is 12.5. The van der Waals surface area contributed by atoms with Crippen molar-refractivity contribution in [1.82, 2.24) is 29.8 Å². The molecule has 2 fully saturated rings. The average Bonchev–Trinajstić information content (AvgIpc) is 3.61. The Morgan fingerprint density at radius 2 is 1.65 bits per heavy atom. The van der Waals surface area contributed by atoms with Crippen LogP contribution in [0.25, 0.3) is 5.69 Å². The van der Waals surface area contributed by atoms with E-state index in [0.717, 1.165) is 11.8 Å². The number of likely N-dealkylation sites (tertiary alicyclic amines) is 1. The van der Waals surface area contributed by atoms with Gasteiger partial charge in [0, 0.05) is 65.4 Å². The summed E-state index contributed by atoms with van der Waals surface area (Å²) in [6.45, 7) is 13.1. The number of aromatic nitrogens is 2.